The molecule has 1 unspecified atom stereocenters. The predicted molar refractivity (Wildman–Crippen MR) is 134 cm³/mol. The monoisotopic (exact) mass is 596 g/mol. The number of carbonyl (C=O) groups excluding carboxylic acids is 2. The van der Waals surface area contributed by atoms with Crippen LogP contribution in [-0.2, 0) is 20.7 Å². The van der Waals surface area contributed by atoms with Crippen LogP contribution in [0.2, 0.25) is 0 Å². The number of hydrogen-bond acceptors (Lipinski definition) is 11. The molecule has 0 bridgehead atoms. The third kappa shape index (κ3) is 7.10. The Hall–Kier alpha value is -5.22. The van der Waals surface area contributed by atoms with E-state index >= 15 is 0 Å². The fourth-order valence-electron chi connectivity index (χ4n) is 4.22. The van der Waals surface area contributed by atoms with Crippen molar-refractivity contribution in [3.63, 3.8) is 0 Å². The van der Waals surface area contributed by atoms with Crippen LogP contribution < -0.4 is 14.8 Å². The van der Waals surface area contributed by atoms with Gasteiger partial charge < -0.3 is 24.6 Å². The van der Waals surface area contributed by atoms with Crippen molar-refractivity contribution in [2.75, 3.05) is 14.2 Å². The molecule has 224 valence electrons. The maximum absolute atomic E-state index is 12.9. The number of nitrogens with one attached hydrogen (secondary N) is 1. The summed E-state index contributed by atoms with van der Waals surface area (Å²) < 4.78 is 53.9. The number of ether oxygens (including phenoxy) is 3. The molecule has 1 heterocycles. The average Bonchev–Trinajstić information content (AvgIpc) is 2.94. The number of carbonyl (C=O) groups is 2. The molecule has 1 aromatic heterocycles. The summed E-state index contributed by atoms with van der Waals surface area (Å²) in [6, 6.07) is 5.59. The minimum absolute atomic E-state index is 0.108. The minimum atomic E-state index is -5.38. The van der Waals surface area contributed by atoms with Crippen LogP contribution in [-0.4, -0.2) is 63.8 Å². The Bertz CT molecular complexity index is 1430. The lowest BCUT2D eigenvalue weighted by molar-refractivity contribution is -0.565. The van der Waals surface area contributed by atoms with Gasteiger partial charge in [0.25, 0.3) is 11.3 Å². The number of nitro groups is 2. The average molecular weight is 596 g/mol. The number of methoxy groups -OCH3 is 2. The van der Waals surface area contributed by atoms with E-state index in [9.17, 15) is 48.1 Å². The SMILES string of the molecule is COC(=O)[C@H](CC1=CC([N+](=O)[O-])=C(Oc2ccc(O)cc2)C(Cc2ccc(OC)nc2)([N+](=O)[O-])C1)NC(=O)C(F)(F)F. The first-order chi connectivity index (χ1) is 19.7. The highest BCUT2D eigenvalue weighted by molar-refractivity contribution is 5.87. The van der Waals surface area contributed by atoms with Crippen molar-refractivity contribution >= 4 is 11.9 Å². The lowest BCUT2D eigenvalue weighted by Gasteiger charge is -2.31. The normalized spacial score (nSPS) is 17.5. The Kier molecular flexibility index (Phi) is 9.34. The van der Waals surface area contributed by atoms with Gasteiger partial charge >= 0.3 is 23.7 Å². The quantitative estimate of drug-likeness (QED) is 0.220. The first kappa shape index (κ1) is 31.3. The summed E-state index contributed by atoms with van der Waals surface area (Å²) in [6.07, 6.45) is -5.36. The van der Waals surface area contributed by atoms with Crippen molar-refractivity contribution in [2.24, 2.45) is 0 Å². The zero-order valence-electron chi connectivity index (χ0n) is 21.9. The maximum atomic E-state index is 12.9. The molecule has 14 nitrogen and oxygen atoms in total. The van der Waals surface area contributed by atoms with Crippen molar-refractivity contribution in [3.05, 3.63) is 91.5 Å². The van der Waals surface area contributed by atoms with Crippen molar-refractivity contribution in [3.8, 4) is 17.4 Å². The molecule has 0 fully saturated rings. The molecule has 1 amide bonds. The van der Waals surface area contributed by atoms with Crippen molar-refractivity contribution in [1.82, 2.24) is 10.3 Å². The minimum Gasteiger partial charge on any atom is -0.508 e. The first-order valence-corrected chi connectivity index (χ1v) is 11.8. The van der Waals surface area contributed by atoms with Gasteiger partial charge in [-0.2, -0.15) is 13.2 Å². The van der Waals surface area contributed by atoms with Crippen molar-refractivity contribution in [2.45, 2.75) is 37.0 Å². The third-order valence-corrected chi connectivity index (χ3v) is 6.14. The molecule has 0 saturated carbocycles. The second kappa shape index (κ2) is 12.5. The highest BCUT2D eigenvalue weighted by atomic mass is 19.4. The molecule has 42 heavy (non-hydrogen) atoms. The number of phenols is 1. The second-order valence-electron chi connectivity index (χ2n) is 8.97. The van der Waals surface area contributed by atoms with E-state index in [1.807, 2.05) is 0 Å². The van der Waals surface area contributed by atoms with E-state index < -0.39 is 70.2 Å². The van der Waals surface area contributed by atoms with Crippen molar-refractivity contribution in [1.29, 1.82) is 0 Å². The summed E-state index contributed by atoms with van der Waals surface area (Å²) in [5.74, 6) is -4.66. The number of aromatic hydroxyl groups is 1. The Morgan fingerprint density at radius 1 is 1.14 bits per heavy atom. The summed E-state index contributed by atoms with van der Waals surface area (Å²) in [6.45, 7) is 0. The number of halogens is 3. The van der Waals surface area contributed by atoms with E-state index in [-0.39, 0.29) is 28.5 Å². The largest absolute Gasteiger partial charge is 0.508 e. The molecular weight excluding hydrogens is 573 g/mol. The van der Waals surface area contributed by atoms with Crippen LogP contribution in [0.5, 0.6) is 17.4 Å². The number of amides is 1. The Morgan fingerprint density at radius 2 is 1.81 bits per heavy atom. The van der Waals surface area contributed by atoms with Gasteiger partial charge in [0.05, 0.1) is 25.6 Å². The van der Waals surface area contributed by atoms with Crippen LogP contribution in [0, 0.1) is 20.2 Å². The van der Waals surface area contributed by atoms with E-state index in [1.54, 1.807) is 0 Å². The van der Waals surface area contributed by atoms with Crippen LogP contribution >= 0.6 is 0 Å². The van der Waals surface area contributed by atoms with Gasteiger partial charge in [-0.1, -0.05) is 11.6 Å². The van der Waals surface area contributed by atoms with Crippen LogP contribution in [0.1, 0.15) is 18.4 Å². The number of alkyl halides is 3. The van der Waals surface area contributed by atoms with Gasteiger partial charge in [0, 0.05) is 36.1 Å². The molecule has 0 aliphatic heterocycles. The van der Waals surface area contributed by atoms with Gasteiger partial charge in [-0.25, -0.2) is 9.78 Å². The van der Waals surface area contributed by atoms with Crippen LogP contribution in [0.25, 0.3) is 0 Å². The number of phenolic OH excluding ortho intramolecular Hbond substituents is 1. The van der Waals surface area contributed by atoms with Gasteiger partial charge in [-0.3, -0.25) is 25.0 Å². The zero-order valence-corrected chi connectivity index (χ0v) is 21.9. The van der Waals surface area contributed by atoms with Crippen LogP contribution in [0.15, 0.2) is 65.7 Å². The molecule has 1 aliphatic rings. The number of aromatic nitrogens is 1. The Morgan fingerprint density at radius 3 is 2.31 bits per heavy atom. The number of nitrogens with zero attached hydrogens (tertiary/aromatic N) is 3. The summed E-state index contributed by atoms with van der Waals surface area (Å²) >= 11 is 0. The smallest absolute Gasteiger partial charge is 0.471 e. The lowest BCUT2D eigenvalue weighted by Crippen LogP contribution is -2.50. The Labute approximate surface area is 234 Å². The highest BCUT2D eigenvalue weighted by Crippen LogP contribution is 2.41. The molecule has 0 spiro atoms. The molecular formula is C25H23F3N4O10. The molecule has 2 aromatic rings. The van der Waals surface area contributed by atoms with Crippen LogP contribution in [0.4, 0.5) is 13.2 Å². The molecule has 2 atom stereocenters. The van der Waals surface area contributed by atoms with Gasteiger partial charge in [0.1, 0.15) is 17.5 Å². The molecule has 0 saturated heterocycles. The van der Waals surface area contributed by atoms with Gasteiger partial charge in [-0.05, 0) is 29.8 Å². The number of pyridine rings is 1. The molecule has 3 rings (SSSR count). The second-order valence-corrected chi connectivity index (χ2v) is 8.97. The van der Waals surface area contributed by atoms with Crippen molar-refractivity contribution < 1.29 is 51.9 Å². The van der Waals surface area contributed by atoms with Crippen LogP contribution in [0.3, 0.4) is 0 Å². The zero-order chi connectivity index (χ0) is 31.2. The Balaban J connectivity index is 2.18. The summed E-state index contributed by atoms with van der Waals surface area (Å²) in [4.78, 5) is 51.0. The maximum Gasteiger partial charge on any atom is 0.471 e. The molecule has 1 aliphatic carbocycles. The highest BCUT2D eigenvalue weighted by Gasteiger charge is 2.56. The predicted octanol–water partition coefficient (Wildman–Crippen LogP) is 2.86. The number of allylic oxidation sites excluding steroid dienone is 1. The van der Waals surface area contributed by atoms with E-state index in [2.05, 4.69) is 9.72 Å². The third-order valence-electron chi connectivity index (χ3n) is 6.14. The fraction of sp³-hybridized carbons (Fsp3) is 0.320. The van der Waals surface area contributed by atoms with E-state index in [4.69, 9.17) is 9.47 Å². The number of benzene rings is 1. The fourth-order valence-corrected chi connectivity index (χ4v) is 4.22. The molecule has 1 aromatic carbocycles. The summed E-state index contributed by atoms with van der Waals surface area (Å²) in [5, 5.41) is 36.1. The van der Waals surface area contributed by atoms with E-state index in [0.29, 0.717) is 0 Å². The molecule has 0 radical (unpaired) electrons. The lowest BCUT2D eigenvalue weighted by atomic mass is 9.78. The molecule has 2 N–H and O–H groups in total. The topological polar surface area (TPSA) is 193 Å². The van der Waals surface area contributed by atoms with Gasteiger partial charge in [0.2, 0.25) is 5.88 Å². The number of rotatable bonds is 11. The summed E-state index contributed by atoms with van der Waals surface area (Å²) in [5.41, 5.74) is -3.39. The first-order valence-electron chi connectivity index (χ1n) is 11.8. The number of esters is 1. The van der Waals surface area contributed by atoms with Gasteiger partial charge in [-0.15, -0.1) is 0 Å². The summed E-state index contributed by atoms with van der Waals surface area (Å²) in [7, 11) is 2.18. The number of hydrogen-bond donors (Lipinski definition) is 2. The van der Waals surface area contributed by atoms with Gasteiger partial charge in [0.15, 0.2) is 0 Å². The molecule has 17 heteroatoms. The van der Waals surface area contributed by atoms with E-state index in [0.717, 1.165) is 13.2 Å². The standard InChI is InChI=1S/C25H23F3N4O10/c1-40-20-8-3-14(13-29-20)11-24(32(38)39)12-15(9-18(22(34)41-2)30-23(35)25(26,27)28)10-19(31(36)37)21(24)42-17-6-4-16(33)5-7-17/h3-8,10,13,18,33H,9,11-12H2,1-2H3,(H,30,35)/t18-,24?/m0/s1. The van der Waals surface area contributed by atoms with E-state index in [1.165, 1.54) is 55.0 Å².